The van der Waals surface area contributed by atoms with E-state index < -0.39 is 0 Å². The van der Waals surface area contributed by atoms with Crippen LogP contribution in [0.4, 0.5) is 11.4 Å². The van der Waals surface area contributed by atoms with Gasteiger partial charge in [-0.3, -0.25) is 9.59 Å². The second kappa shape index (κ2) is 10.8. The number of amides is 2. The molecule has 0 saturated heterocycles. The lowest BCUT2D eigenvalue weighted by molar-refractivity contribution is 0.0990. The van der Waals surface area contributed by atoms with Crippen molar-refractivity contribution in [1.82, 2.24) is 0 Å². The number of nitrogens with zero attached hydrogens (tertiary/aromatic N) is 1. The van der Waals surface area contributed by atoms with Crippen molar-refractivity contribution < 1.29 is 14.3 Å². The Morgan fingerprint density at radius 2 is 1.74 bits per heavy atom. The normalized spacial score (nSPS) is 10.4. The topological polar surface area (TPSA) is 58.6 Å². The average Bonchev–Trinajstić information content (AvgIpc) is 2.80. The largest absolute Gasteiger partial charge is 0.492 e. The fourth-order valence-corrected chi connectivity index (χ4v) is 3.47. The fourth-order valence-electron chi connectivity index (χ4n) is 2.98. The molecule has 0 aromatic heterocycles. The van der Waals surface area contributed by atoms with Crippen LogP contribution in [-0.4, -0.2) is 25.5 Å². The molecule has 1 N–H and O–H groups in total. The van der Waals surface area contributed by atoms with Crippen molar-refractivity contribution in [3.63, 3.8) is 0 Å². The molecule has 5 nitrogen and oxygen atoms in total. The van der Waals surface area contributed by atoms with Crippen molar-refractivity contribution in [2.45, 2.75) is 19.8 Å². The first-order chi connectivity index (χ1) is 15.0. The highest BCUT2D eigenvalue weighted by molar-refractivity contribution is 9.10. The number of nitrogens with one attached hydrogen (secondary N) is 1. The summed E-state index contributed by atoms with van der Waals surface area (Å²) in [5, 5.41) is 2.86. The zero-order chi connectivity index (χ0) is 22.2. The van der Waals surface area contributed by atoms with Gasteiger partial charge in [0, 0.05) is 29.5 Å². The van der Waals surface area contributed by atoms with E-state index in [1.807, 2.05) is 30.3 Å². The number of carbonyl (C=O) groups excluding carboxylic acids is 2. The van der Waals surface area contributed by atoms with Crippen LogP contribution in [0.5, 0.6) is 5.75 Å². The minimum Gasteiger partial charge on any atom is -0.492 e. The molecule has 0 aliphatic carbocycles. The van der Waals surface area contributed by atoms with Gasteiger partial charge in [0.05, 0.1) is 11.1 Å². The van der Waals surface area contributed by atoms with Gasteiger partial charge in [-0.15, -0.1) is 0 Å². The summed E-state index contributed by atoms with van der Waals surface area (Å²) in [5.74, 6) is 0.294. The maximum atomic E-state index is 12.8. The highest BCUT2D eigenvalue weighted by Crippen LogP contribution is 2.27. The van der Waals surface area contributed by atoms with Gasteiger partial charge in [-0.25, -0.2) is 0 Å². The molecule has 0 fully saturated rings. The number of halogens is 1. The van der Waals surface area contributed by atoms with Crippen LogP contribution in [0.25, 0.3) is 0 Å². The third-order valence-corrected chi connectivity index (χ3v) is 5.38. The zero-order valence-electron chi connectivity index (χ0n) is 17.6. The molecule has 0 heterocycles. The third-order valence-electron chi connectivity index (χ3n) is 4.77. The Balaban J connectivity index is 1.70. The zero-order valence-corrected chi connectivity index (χ0v) is 19.2. The Hall–Kier alpha value is -3.12. The van der Waals surface area contributed by atoms with E-state index in [2.05, 4.69) is 28.2 Å². The molecule has 6 heteroatoms. The summed E-state index contributed by atoms with van der Waals surface area (Å²) in [6.45, 7) is 2.74. The van der Waals surface area contributed by atoms with Crippen LogP contribution in [0.2, 0.25) is 0 Å². The van der Waals surface area contributed by atoms with Crippen molar-refractivity contribution >= 4 is 39.1 Å². The summed E-state index contributed by atoms with van der Waals surface area (Å²) < 4.78 is 6.44. The van der Waals surface area contributed by atoms with Crippen LogP contribution in [0.1, 0.15) is 40.5 Å². The molecule has 31 heavy (non-hydrogen) atoms. The maximum Gasteiger partial charge on any atom is 0.258 e. The summed E-state index contributed by atoms with van der Waals surface area (Å²) in [6, 6.07) is 21.6. The molecule has 0 saturated carbocycles. The quantitative estimate of drug-likeness (QED) is 0.392. The highest BCUT2D eigenvalue weighted by atomic mass is 79.9. The molecule has 3 aromatic rings. The van der Waals surface area contributed by atoms with E-state index in [4.69, 9.17) is 4.74 Å². The smallest absolute Gasteiger partial charge is 0.258 e. The van der Waals surface area contributed by atoms with Gasteiger partial charge in [-0.05, 0) is 70.9 Å². The summed E-state index contributed by atoms with van der Waals surface area (Å²) in [7, 11) is 1.73. The van der Waals surface area contributed by atoms with Gasteiger partial charge in [0.15, 0.2) is 0 Å². The molecule has 0 aliphatic heterocycles. The summed E-state index contributed by atoms with van der Waals surface area (Å²) in [5.41, 5.74) is 2.34. The Labute approximate surface area is 191 Å². The van der Waals surface area contributed by atoms with Gasteiger partial charge in [-0.1, -0.05) is 37.6 Å². The lowest BCUT2D eigenvalue weighted by atomic mass is 10.1. The first-order valence-corrected chi connectivity index (χ1v) is 11.0. The van der Waals surface area contributed by atoms with E-state index in [0.717, 1.165) is 23.0 Å². The second-order valence-corrected chi connectivity index (χ2v) is 7.94. The molecule has 0 unspecified atom stereocenters. The standard InChI is InChI=1S/C25H25BrN2O3/c1-3-4-15-31-23-14-13-18(17-22(23)26)24(29)27-20-10-8-9-19(16-20)25(30)28(2)21-11-6-5-7-12-21/h5-14,16-17H,3-4,15H2,1-2H3,(H,27,29). The maximum absolute atomic E-state index is 12.8. The van der Waals surface area contributed by atoms with Gasteiger partial charge in [0.2, 0.25) is 0 Å². The van der Waals surface area contributed by atoms with Crippen molar-refractivity contribution in [3.8, 4) is 5.75 Å². The minimum absolute atomic E-state index is 0.154. The Morgan fingerprint density at radius 1 is 0.968 bits per heavy atom. The van der Waals surface area contributed by atoms with Crippen LogP contribution in [0, 0.1) is 0 Å². The number of anilines is 2. The van der Waals surface area contributed by atoms with Crippen LogP contribution >= 0.6 is 15.9 Å². The number of rotatable bonds is 8. The predicted octanol–water partition coefficient (Wildman–Crippen LogP) is 6.16. The van der Waals surface area contributed by atoms with Gasteiger partial charge in [-0.2, -0.15) is 0 Å². The number of ether oxygens (including phenoxy) is 1. The molecular weight excluding hydrogens is 456 g/mol. The number of carbonyl (C=O) groups is 2. The van der Waals surface area contributed by atoms with E-state index in [9.17, 15) is 9.59 Å². The molecule has 3 aromatic carbocycles. The summed E-state index contributed by atoms with van der Waals surface area (Å²) in [4.78, 5) is 27.1. The van der Waals surface area contributed by atoms with Gasteiger partial charge < -0.3 is 15.0 Å². The summed E-state index contributed by atoms with van der Waals surface area (Å²) in [6.07, 6.45) is 2.03. The Kier molecular flexibility index (Phi) is 7.84. The molecule has 3 rings (SSSR count). The van der Waals surface area contributed by atoms with Crippen molar-refractivity contribution in [3.05, 3.63) is 88.4 Å². The highest BCUT2D eigenvalue weighted by Gasteiger charge is 2.15. The molecule has 0 atom stereocenters. The van der Waals surface area contributed by atoms with Crippen molar-refractivity contribution in [1.29, 1.82) is 0 Å². The number of hydrogen-bond acceptors (Lipinski definition) is 3. The lowest BCUT2D eigenvalue weighted by Crippen LogP contribution is -2.26. The molecule has 0 bridgehead atoms. The van der Waals surface area contributed by atoms with Crippen molar-refractivity contribution in [2.24, 2.45) is 0 Å². The van der Waals surface area contributed by atoms with Crippen LogP contribution < -0.4 is 15.0 Å². The Morgan fingerprint density at radius 3 is 2.45 bits per heavy atom. The number of unbranched alkanes of at least 4 members (excludes halogenated alkanes) is 1. The lowest BCUT2D eigenvalue weighted by Gasteiger charge is -2.17. The van der Waals surface area contributed by atoms with Gasteiger partial charge in [0.1, 0.15) is 5.75 Å². The molecule has 0 radical (unpaired) electrons. The molecule has 0 aliphatic rings. The van der Waals surface area contributed by atoms with Crippen LogP contribution in [0.15, 0.2) is 77.3 Å². The first-order valence-electron chi connectivity index (χ1n) is 10.2. The number of benzene rings is 3. The molecular formula is C25H25BrN2O3. The average molecular weight is 481 g/mol. The van der Waals surface area contributed by atoms with Crippen molar-refractivity contribution in [2.75, 3.05) is 23.9 Å². The van der Waals surface area contributed by atoms with E-state index in [1.54, 1.807) is 54.4 Å². The first kappa shape index (κ1) is 22.6. The van der Waals surface area contributed by atoms with Crippen LogP contribution in [0.3, 0.4) is 0 Å². The molecule has 160 valence electrons. The predicted molar refractivity (Wildman–Crippen MR) is 128 cm³/mol. The minimum atomic E-state index is -0.262. The number of hydrogen-bond donors (Lipinski definition) is 1. The molecule has 0 spiro atoms. The fraction of sp³-hybridized carbons (Fsp3) is 0.200. The van der Waals surface area contributed by atoms with E-state index in [1.165, 1.54) is 0 Å². The Bertz CT molecular complexity index is 1050. The summed E-state index contributed by atoms with van der Waals surface area (Å²) >= 11 is 3.47. The second-order valence-electron chi connectivity index (χ2n) is 7.08. The van der Waals surface area contributed by atoms with E-state index in [-0.39, 0.29) is 11.8 Å². The monoisotopic (exact) mass is 480 g/mol. The van der Waals surface area contributed by atoms with E-state index in [0.29, 0.717) is 29.2 Å². The van der Waals surface area contributed by atoms with Gasteiger partial charge >= 0.3 is 0 Å². The molecule has 2 amide bonds. The number of para-hydroxylation sites is 1. The van der Waals surface area contributed by atoms with Gasteiger partial charge in [0.25, 0.3) is 11.8 Å². The van der Waals surface area contributed by atoms with E-state index >= 15 is 0 Å². The van der Waals surface area contributed by atoms with Crippen LogP contribution in [-0.2, 0) is 0 Å². The third kappa shape index (κ3) is 5.95. The SMILES string of the molecule is CCCCOc1ccc(C(=O)Nc2cccc(C(=O)N(C)c3ccccc3)c2)cc1Br.